The normalized spacial score (nSPS) is 19.0. The molecule has 0 bridgehead atoms. The fraction of sp³-hybridized carbons (Fsp3) is 0.250. The van der Waals surface area contributed by atoms with Gasteiger partial charge in [0.25, 0.3) is 11.8 Å². The highest BCUT2D eigenvalue weighted by molar-refractivity contribution is 6.32. The van der Waals surface area contributed by atoms with Crippen LogP contribution in [0.2, 0.25) is 5.02 Å². The Labute approximate surface area is 166 Å². The molecule has 1 N–H and O–H groups in total. The van der Waals surface area contributed by atoms with E-state index in [1.54, 1.807) is 38.4 Å². The van der Waals surface area contributed by atoms with Crippen LogP contribution in [0, 0.1) is 5.82 Å². The number of imide groups is 1. The molecule has 0 aliphatic carbocycles. The number of amides is 4. The summed E-state index contributed by atoms with van der Waals surface area (Å²) in [6.45, 7) is 1.52. The van der Waals surface area contributed by atoms with Crippen molar-refractivity contribution in [3.63, 3.8) is 0 Å². The van der Waals surface area contributed by atoms with E-state index in [4.69, 9.17) is 11.6 Å². The zero-order valence-corrected chi connectivity index (χ0v) is 16.4. The van der Waals surface area contributed by atoms with Gasteiger partial charge in [0.2, 0.25) is 0 Å². The van der Waals surface area contributed by atoms with E-state index in [0.717, 1.165) is 11.0 Å². The Kier molecular flexibility index (Phi) is 5.12. The standard InChI is InChI=1S/C20H19ClFN3O3/c1-20(15-8-7-14(22)10-16(15)21)18(27)25(19(28)23-20)11-12-5-4-6-13(9-12)17(26)24(2)3/h4-10H,11H2,1-3H3,(H,23,28). The van der Waals surface area contributed by atoms with Crippen LogP contribution in [-0.4, -0.2) is 41.7 Å². The predicted octanol–water partition coefficient (Wildman–Crippen LogP) is 3.15. The zero-order valence-electron chi connectivity index (χ0n) is 15.6. The van der Waals surface area contributed by atoms with E-state index in [1.165, 1.54) is 24.0 Å². The molecule has 0 aromatic heterocycles. The minimum atomic E-state index is -1.40. The fourth-order valence-corrected chi connectivity index (χ4v) is 3.52. The number of hydrogen-bond acceptors (Lipinski definition) is 3. The molecule has 1 atom stereocenters. The zero-order chi connectivity index (χ0) is 20.6. The lowest BCUT2D eigenvalue weighted by Crippen LogP contribution is -2.41. The molecule has 1 heterocycles. The molecule has 3 rings (SSSR count). The van der Waals surface area contributed by atoms with Crippen LogP contribution in [0.5, 0.6) is 0 Å². The number of urea groups is 1. The summed E-state index contributed by atoms with van der Waals surface area (Å²) in [5, 5.41) is 2.69. The Hall–Kier alpha value is -2.93. The quantitative estimate of drug-likeness (QED) is 0.797. The predicted molar refractivity (Wildman–Crippen MR) is 102 cm³/mol. The minimum Gasteiger partial charge on any atom is -0.345 e. The van der Waals surface area contributed by atoms with Crippen LogP contribution in [-0.2, 0) is 16.9 Å². The summed E-state index contributed by atoms with van der Waals surface area (Å²) >= 11 is 6.10. The Bertz CT molecular complexity index is 979. The third-order valence-corrected chi connectivity index (χ3v) is 4.98. The first kappa shape index (κ1) is 19.8. The molecular formula is C20H19ClFN3O3. The van der Waals surface area contributed by atoms with Gasteiger partial charge in [-0.1, -0.05) is 29.8 Å². The highest BCUT2D eigenvalue weighted by Gasteiger charge is 2.49. The van der Waals surface area contributed by atoms with E-state index in [-0.39, 0.29) is 17.5 Å². The van der Waals surface area contributed by atoms with Gasteiger partial charge in [0.15, 0.2) is 0 Å². The van der Waals surface area contributed by atoms with Crippen LogP contribution in [0.1, 0.15) is 28.4 Å². The van der Waals surface area contributed by atoms with Crippen molar-refractivity contribution in [3.8, 4) is 0 Å². The monoisotopic (exact) mass is 403 g/mol. The molecule has 0 saturated carbocycles. The molecule has 1 unspecified atom stereocenters. The van der Waals surface area contributed by atoms with Gasteiger partial charge in [0.05, 0.1) is 6.54 Å². The van der Waals surface area contributed by atoms with Crippen molar-refractivity contribution in [2.45, 2.75) is 19.0 Å². The van der Waals surface area contributed by atoms with E-state index in [9.17, 15) is 18.8 Å². The SMILES string of the molecule is CN(C)C(=O)c1cccc(CN2C(=O)NC(C)(c3ccc(F)cc3Cl)C2=O)c1. The molecular weight excluding hydrogens is 385 g/mol. The topological polar surface area (TPSA) is 69.7 Å². The first-order valence-corrected chi connectivity index (χ1v) is 8.91. The first-order chi connectivity index (χ1) is 13.1. The van der Waals surface area contributed by atoms with Gasteiger partial charge in [-0.05, 0) is 36.8 Å². The van der Waals surface area contributed by atoms with E-state index in [2.05, 4.69) is 5.32 Å². The third-order valence-electron chi connectivity index (χ3n) is 4.67. The maximum Gasteiger partial charge on any atom is 0.325 e. The van der Waals surface area contributed by atoms with Crippen LogP contribution in [0.15, 0.2) is 42.5 Å². The highest BCUT2D eigenvalue weighted by Crippen LogP contribution is 2.34. The first-order valence-electron chi connectivity index (χ1n) is 8.53. The smallest absolute Gasteiger partial charge is 0.325 e. The largest absolute Gasteiger partial charge is 0.345 e. The van der Waals surface area contributed by atoms with Gasteiger partial charge in [-0.3, -0.25) is 14.5 Å². The van der Waals surface area contributed by atoms with Gasteiger partial charge in [-0.2, -0.15) is 0 Å². The van der Waals surface area contributed by atoms with Gasteiger partial charge < -0.3 is 10.2 Å². The molecule has 6 nitrogen and oxygen atoms in total. The van der Waals surface area contributed by atoms with Gasteiger partial charge in [-0.15, -0.1) is 0 Å². The Morgan fingerprint density at radius 1 is 1.21 bits per heavy atom. The van der Waals surface area contributed by atoms with Crippen molar-refractivity contribution in [1.82, 2.24) is 15.1 Å². The van der Waals surface area contributed by atoms with E-state index in [0.29, 0.717) is 16.7 Å². The van der Waals surface area contributed by atoms with Gasteiger partial charge in [0.1, 0.15) is 11.4 Å². The number of benzene rings is 2. The summed E-state index contributed by atoms with van der Waals surface area (Å²) in [6, 6.07) is 9.82. The Morgan fingerprint density at radius 2 is 1.93 bits per heavy atom. The minimum absolute atomic E-state index is 0.00633. The molecule has 2 aromatic rings. The van der Waals surface area contributed by atoms with Crippen molar-refractivity contribution in [2.75, 3.05) is 14.1 Å². The summed E-state index contributed by atoms with van der Waals surface area (Å²) in [7, 11) is 3.29. The summed E-state index contributed by atoms with van der Waals surface area (Å²) in [5.74, 6) is -1.22. The molecule has 2 aromatic carbocycles. The molecule has 4 amide bonds. The van der Waals surface area contributed by atoms with Crippen molar-refractivity contribution in [1.29, 1.82) is 0 Å². The second kappa shape index (κ2) is 7.24. The molecule has 1 fully saturated rings. The van der Waals surface area contributed by atoms with E-state index < -0.39 is 23.3 Å². The maximum atomic E-state index is 13.4. The second-order valence-electron chi connectivity index (χ2n) is 6.97. The highest BCUT2D eigenvalue weighted by atomic mass is 35.5. The fourth-order valence-electron chi connectivity index (χ4n) is 3.16. The number of nitrogens with zero attached hydrogens (tertiary/aromatic N) is 2. The Balaban J connectivity index is 1.89. The summed E-state index contributed by atoms with van der Waals surface area (Å²) in [6.07, 6.45) is 0. The molecule has 0 radical (unpaired) electrons. The van der Waals surface area contributed by atoms with Crippen molar-refractivity contribution >= 4 is 29.4 Å². The van der Waals surface area contributed by atoms with Crippen LogP contribution in [0.25, 0.3) is 0 Å². The van der Waals surface area contributed by atoms with Crippen LogP contribution >= 0.6 is 11.6 Å². The van der Waals surface area contributed by atoms with Crippen molar-refractivity contribution in [3.05, 3.63) is 70.0 Å². The second-order valence-corrected chi connectivity index (χ2v) is 7.38. The molecule has 0 spiro atoms. The average Bonchev–Trinajstić information content (AvgIpc) is 2.85. The number of rotatable bonds is 4. The van der Waals surface area contributed by atoms with E-state index >= 15 is 0 Å². The number of hydrogen-bond donors (Lipinski definition) is 1. The number of carbonyl (C=O) groups is 3. The van der Waals surface area contributed by atoms with Crippen molar-refractivity contribution in [2.24, 2.45) is 0 Å². The number of halogens is 2. The number of carbonyl (C=O) groups excluding carboxylic acids is 3. The summed E-state index contributed by atoms with van der Waals surface area (Å²) in [4.78, 5) is 40.1. The molecule has 8 heteroatoms. The van der Waals surface area contributed by atoms with Crippen LogP contribution in [0.3, 0.4) is 0 Å². The third kappa shape index (κ3) is 3.45. The Morgan fingerprint density at radius 3 is 2.57 bits per heavy atom. The van der Waals surface area contributed by atoms with Crippen LogP contribution in [0.4, 0.5) is 9.18 Å². The molecule has 1 aliphatic rings. The average molecular weight is 404 g/mol. The molecule has 1 aliphatic heterocycles. The van der Waals surface area contributed by atoms with Gasteiger partial charge in [-0.25, -0.2) is 9.18 Å². The summed E-state index contributed by atoms with van der Waals surface area (Å²) in [5.41, 5.74) is -0.00337. The lowest BCUT2D eigenvalue weighted by molar-refractivity contribution is -0.131. The van der Waals surface area contributed by atoms with Crippen molar-refractivity contribution < 1.29 is 18.8 Å². The lowest BCUT2D eigenvalue weighted by atomic mass is 9.92. The maximum absolute atomic E-state index is 13.4. The molecule has 28 heavy (non-hydrogen) atoms. The lowest BCUT2D eigenvalue weighted by Gasteiger charge is -2.23. The van der Waals surface area contributed by atoms with E-state index in [1.807, 2.05) is 0 Å². The number of nitrogens with one attached hydrogen (secondary N) is 1. The van der Waals surface area contributed by atoms with Gasteiger partial charge in [0, 0.05) is 30.2 Å². The molecule has 146 valence electrons. The summed E-state index contributed by atoms with van der Waals surface area (Å²) < 4.78 is 13.4. The van der Waals surface area contributed by atoms with Crippen LogP contribution < -0.4 is 5.32 Å². The van der Waals surface area contributed by atoms with Gasteiger partial charge >= 0.3 is 6.03 Å². The molecule has 1 saturated heterocycles.